The van der Waals surface area contributed by atoms with E-state index in [4.69, 9.17) is 0 Å². The van der Waals surface area contributed by atoms with E-state index in [1.807, 2.05) is 12.3 Å². The monoisotopic (exact) mass is 281 g/mol. The molecule has 4 heteroatoms. The van der Waals surface area contributed by atoms with Crippen molar-refractivity contribution in [2.75, 3.05) is 26.2 Å². The Morgan fingerprint density at radius 2 is 2.19 bits per heavy atom. The van der Waals surface area contributed by atoms with Gasteiger partial charge in [0, 0.05) is 43.0 Å². The second-order valence-electron chi connectivity index (χ2n) is 3.90. The molecule has 3 nitrogen and oxygen atoms in total. The van der Waals surface area contributed by atoms with E-state index in [1.165, 1.54) is 5.56 Å². The van der Waals surface area contributed by atoms with Crippen LogP contribution in [0.3, 0.4) is 0 Å². The van der Waals surface area contributed by atoms with Crippen LogP contribution >= 0.6 is 15.9 Å². The predicted octanol–water partition coefficient (Wildman–Crippen LogP) is 1.98. The van der Waals surface area contributed by atoms with Crippen LogP contribution < -0.4 is 5.32 Å². The van der Waals surface area contributed by atoms with E-state index >= 15 is 0 Å². The van der Waals surface area contributed by atoms with Gasteiger partial charge in [0.1, 0.15) is 0 Å². The molecule has 0 bridgehead atoms. The quantitative estimate of drug-likeness (QED) is 0.859. The average molecular weight is 282 g/mol. The molecule has 1 saturated heterocycles. The fourth-order valence-electron chi connectivity index (χ4n) is 2.05. The van der Waals surface area contributed by atoms with Gasteiger partial charge in [-0.1, -0.05) is 6.08 Å². The van der Waals surface area contributed by atoms with Crippen LogP contribution in [0.1, 0.15) is 11.6 Å². The van der Waals surface area contributed by atoms with Crippen molar-refractivity contribution in [1.82, 2.24) is 15.2 Å². The maximum absolute atomic E-state index is 4.21. The van der Waals surface area contributed by atoms with E-state index in [9.17, 15) is 0 Å². The van der Waals surface area contributed by atoms with Crippen molar-refractivity contribution in [3.63, 3.8) is 0 Å². The van der Waals surface area contributed by atoms with Crippen molar-refractivity contribution in [3.05, 3.63) is 41.2 Å². The van der Waals surface area contributed by atoms with Crippen LogP contribution in [0, 0.1) is 0 Å². The molecule has 16 heavy (non-hydrogen) atoms. The van der Waals surface area contributed by atoms with Crippen LogP contribution in [-0.4, -0.2) is 36.1 Å². The van der Waals surface area contributed by atoms with E-state index in [1.54, 1.807) is 6.20 Å². The summed E-state index contributed by atoms with van der Waals surface area (Å²) in [5.74, 6) is 0. The summed E-state index contributed by atoms with van der Waals surface area (Å²) in [4.78, 5) is 6.63. The minimum absolute atomic E-state index is 0.270. The maximum atomic E-state index is 4.21. The standard InChI is InChI=1S/C12H16BrN3/c1-2-12(16-5-3-14-4-6-16)10-7-11(13)9-15-8-10/h2,7-9,12,14H,1,3-6H2/t12-/m0/s1. The van der Waals surface area contributed by atoms with E-state index in [0.29, 0.717) is 0 Å². The summed E-state index contributed by atoms with van der Waals surface area (Å²) in [7, 11) is 0. The molecular weight excluding hydrogens is 266 g/mol. The van der Waals surface area contributed by atoms with Gasteiger partial charge in [-0.2, -0.15) is 0 Å². The molecular formula is C12H16BrN3. The second-order valence-corrected chi connectivity index (χ2v) is 4.82. The first-order chi connectivity index (χ1) is 7.81. The number of rotatable bonds is 3. The summed E-state index contributed by atoms with van der Waals surface area (Å²) >= 11 is 3.46. The number of nitrogens with zero attached hydrogens (tertiary/aromatic N) is 2. The highest BCUT2D eigenvalue weighted by Crippen LogP contribution is 2.23. The zero-order valence-electron chi connectivity index (χ0n) is 9.19. The Morgan fingerprint density at radius 3 is 2.81 bits per heavy atom. The Labute approximate surface area is 105 Å². The molecule has 2 rings (SSSR count). The lowest BCUT2D eigenvalue weighted by Crippen LogP contribution is -2.44. The molecule has 86 valence electrons. The van der Waals surface area contributed by atoms with E-state index in [-0.39, 0.29) is 6.04 Å². The number of aromatic nitrogens is 1. The summed E-state index contributed by atoms with van der Waals surface area (Å²) in [6.07, 6.45) is 5.72. The fourth-order valence-corrected chi connectivity index (χ4v) is 2.43. The SMILES string of the molecule is C=C[C@@H](c1cncc(Br)c1)N1CCNCC1. The van der Waals surface area contributed by atoms with Gasteiger partial charge in [0.05, 0.1) is 6.04 Å². The minimum Gasteiger partial charge on any atom is -0.314 e. The van der Waals surface area contributed by atoms with Crippen molar-refractivity contribution in [2.24, 2.45) is 0 Å². The number of pyridine rings is 1. The van der Waals surface area contributed by atoms with Crippen molar-refractivity contribution in [3.8, 4) is 0 Å². The first-order valence-corrected chi connectivity index (χ1v) is 6.28. The summed E-state index contributed by atoms with van der Waals surface area (Å²) in [5, 5.41) is 3.36. The Balaban J connectivity index is 2.17. The van der Waals surface area contributed by atoms with Gasteiger partial charge >= 0.3 is 0 Å². The van der Waals surface area contributed by atoms with Gasteiger partial charge < -0.3 is 5.32 Å². The first-order valence-electron chi connectivity index (χ1n) is 5.49. The highest BCUT2D eigenvalue weighted by atomic mass is 79.9. The van der Waals surface area contributed by atoms with Gasteiger partial charge in [-0.15, -0.1) is 6.58 Å². The third-order valence-corrected chi connectivity index (χ3v) is 3.27. The van der Waals surface area contributed by atoms with Gasteiger partial charge in [-0.05, 0) is 27.6 Å². The zero-order valence-corrected chi connectivity index (χ0v) is 10.8. The number of hydrogen-bond acceptors (Lipinski definition) is 3. The van der Waals surface area contributed by atoms with Crippen LogP contribution in [-0.2, 0) is 0 Å². The number of piperazine rings is 1. The van der Waals surface area contributed by atoms with Crippen molar-refractivity contribution in [2.45, 2.75) is 6.04 Å². The highest BCUT2D eigenvalue weighted by Gasteiger charge is 2.19. The van der Waals surface area contributed by atoms with Crippen molar-refractivity contribution >= 4 is 15.9 Å². The fraction of sp³-hybridized carbons (Fsp3) is 0.417. The molecule has 0 unspecified atom stereocenters. The molecule has 1 N–H and O–H groups in total. The predicted molar refractivity (Wildman–Crippen MR) is 69.3 cm³/mol. The van der Waals surface area contributed by atoms with E-state index in [2.05, 4.69) is 43.8 Å². The molecule has 2 heterocycles. The summed E-state index contributed by atoms with van der Waals surface area (Å²) < 4.78 is 1.02. The number of nitrogens with one attached hydrogen (secondary N) is 1. The van der Waals surface area contributed by atoms with Gasteiger partial charge in [-0.3, -0.25) is 9.88 Å². The molecule has 1 aromatic heterocycles. The second kappa shape index (κ2) is 5.57. The van der Waals surface area contributed by atoms with E-state index in [0.717, 1.165) is 30.7 Å². The summed E-state index contributed by atoms with van der Waals surface area (Å²) in [5.41, 5.74) is 1.20. The Morgan fingerprint density at radius 1 is 1.44 bits per heavy atom. The van der Waals surface area contributed by atoms with Gasteiger partial charge in [-0.25, -0.2) is 0 Å². The van der Waals surface area contributed by atoms with Gasteiger partial charge in [0.15, 0.2) is 0 Å². The minimum atomic E-state index is 0.270. The van der Waals surface area contributed by atoms with Crippen LogP contribution in [0.15, 0.2) is 35.6 Å². The van der Waals surface area contributed by atoms with Crippen LogP contribution in [0.25, 0.3) is 0 Å². The third-order valence-electron chi connectivity index (χ3n) is 2.84. The molecule has 1 atom stereocenters. The van der Waals surface area contributed by atoms with Crippen molar-refractivity contribution < 1.29 is 0 Å². The third kappa shape index (κ3) is 2.70. The van der Waals surface area contributed by atoms with Crippen molar-refractivity contribution in [1.29, 1.82) is 0 Å². The Bertz CT molecular complexity index is 361. The molecule has 0 spiro atoms. The average Bonchev–Trinajstić information content (AvgIpc) is 2.31. The van der Waals surface area contributed by atoms with Crippen LogP contribution in [0.2, 0.25) is 0 Å². The normalized spacial score (nSPS) is 19.3. The summed E-state index contributed by atoms with van der Waals surface area (Å²) in [6.45, 7) is 8.15. The molecule has 0 saturated carbocycles. The largest absolute Gasteiger partial charge is 0.314 e. The van der Waals surface area contributed by atoms with Gasteiger partial charge in [0.25, 0.3) is 0 Å². The Kier molecular flexibility index (Phi) is 4.09. The molecule has 0 aliphatic carbocycles. The number of hydrogen-bond donors (Lipinski definition) is 1. The van der Waals surface area contributed by atoms with Gasteiger partial charge in [0.2, 0.25) is 0 Å². The topological polar surface area (TPSA) is 28.2 Å². The summed E-state index contributed by atoms with van der Waals surface area (Å²) in [6, 6.07) is 2.38. The lowest BCUT2D eigenvalue weighted by Gasteiger charge is -2.33. The smallest absolute Gasteiger partial charge is 0.0545 e. The molecule has 1 aliphatic rings. The van der Waals surface area contributed by atoms with Crippen LogP contribution in [0.5, 0.6) is 0 Å². The molecule has 1 aliphatic heterocycles. The zero-order chi connectivity index (χ0) is 11.4. The Hall–Kier alpha value is -0.710. The highest BCUT2D eigenvalue weighted by molar-refractivity contribution is 9.10. The number of halogens is 1. The lowest BCUT2D eigenvalue weighted by atomic mass is 10.1. The molecule has 0 radical (unpaired) electrons. The molecule has 1 fully saturated rings. The van der Waals surface area contributed by atoms with E-state index < -0.39 is 0 Å². The maximum Gasteiger partial charge on any atom is 0.0545 e. The molecule has 0 aromatic carbocycles. The molecule has 1 aromatic rings. The molecule has 0 amide bonds. The first kappa shape index (κ1) is 11.8. The lowest BCUT2D eigenvalue weighted by molar-refractivity contribution is 0.203. The van der Waals surface area contributed by atoms with Crippen LogP contribution in [0.4, 0.5) is 0 Å².